The number of benzene rings is 2. The molecule has 0 atom stereocenters. The van der Waals surface area contributed by atoms with Crippen molar-refractivity contribution in [3.63, 3.8) is 0 Å². The summed E-state index contributed by atoms with van der Waals surface area (Å²) < 4.78 is 41.2. The smallest absolute Gasteiger partial charge is 0.255 e. The van der Waals surface area contributed by atoms with Crippen LogP contribution in [0, 0.1) is 11.7 Å². The molecule has 0 aromatic heterocycles. The summed E-state index contributed by atoms with van der Waals surface area (Å²) >= 11 is 6.01. The van der Waals surface area contributed by atoms with Crippen LogP contribution in [-0.4, -0.2) is 55.6 Å². The minimum absolute atomic E-state index is 0.0512. The first-order valence-corrected chi connectivity index (χ1v) is 14.3. The normalized spacial score (nSPS) is 18.0. The zero-order chi connectivity index (χ0) is 25.7. The van der Waals surface area contributed by atoms with E-state index in [4.69, 9.17) is 11.6 Å². The SMILES string of the molecule is O=C(Nc1ccccc1C(=O)N1CCCCCC1)C1CCN(S(=O)(=O)Cc2c(F)cccc2Cl)CC1. The third kappa shape index (κ3) is 6.25. The first-order valence-electron chi connectivity index (χ1n) is 12.4. The predicted molar refractivity (Wildman–Crippen MR) is 138 cm³/mol. The van der Waals surface area contributed by atoms with Gasteiger partial charge in [0.05, 0.1) is 17.0 Å². The van der Waals surface area contributed by atoms with Gasteiger partial charge in [0.25, 0.3) is 5.91 Å². The van der Waals surface area contributed by atoms with Crippen LogP contribution in [0.3, 0.4) is 0 Å². The number of halogens is 2. The summed E-state index contributed by atoms with van der Waals surface area (Å²) in [6.07, 6.45) is 4.85. The molecule has 2 aromatic carbocycles. The molecule has 0 spiro atoms. The lowest BCUT2D eigenvalue weighted by Crippen LogP contribution is -2.42. The van der Waals surface area contributed by atoms with Crippen LogP contribution in [0.5, 0.6) is 0 Å². The molecule has 2 aliphatic heterocycles. The maximum atomic E-state index is 14.1. The predicted octanol–water partition coefficient (Wildman–Crippen LogP) is 4.68. The summed E-state index contributed by atoms with van der Waals surface area (Å²) in [6, 6.07) is 11.1. The van der Waals surface area contributed by atoms with Crippen LogP contribution in [0.15, 0.2) is 42.5 Å². The Bertz CT molecular complexity index is 1190. The number of amides is 2. The molecule has 2 fully saturated rings. The van der Waals surface area contributed by atoms with Crippen LogP contribution in [-0.2, 0) is 20.6 Å². The van der Waals surface area contributed by atoms with E-state index in [2.05, 4.69) is 5.32 Å². The van der Waals surface area contributed by atoms with E-state index >= 15 is 0 Å². The Morgan fingerprint density at radius 1 is 0.944 bits per heavy atom. The highest BCUT2D eigenvalue weighted by molar-refractivity contribution is 7.88. The van der Waals surface area contributed by atoms with Gasteiger partial charge in [0.15, 0.2) is 0 Å². The molecule has 36 heavy (non-hydrogen) atoms. The number of sulfonamides is 1. The quantitative estimate of drug-likeness (QED) is 0.582. The molecule has 4 rings (SSSR count). The van der Waals surface area contributed by atoms with Crippen molar-refractivity contribution in [2.24, 2.45) is 5.92 Å². The van der Waals surface area contributed by atoms with Crippen molar-refractivity contribution in [2.75, 3.05) is 31.5 Å². The van der Waals surface area contributed by atoms with Gasteiger partial charge in [0, 0.05) is 42.7 Å². The Morgan fingerprint density at radius 3 is 2.28 bits per heavy atom. The molecule has 194 valence electrons. The van der Waals surface area contributed by atoms with Crippen LogP contribution in [0.2, 0.25) is 5.02 Å². The molecule has 0 saturated carbocycles. The van der Waals surface area contributed by atoms with Crippen molar-refractivity contribution in [2.45, 2.75) is 44.3 Å². The van der Waals surface area contributed by atoms with Crippen LogP contribution in [0.4, 0.5) is 10.1 Å². The highest BCUT2D eigenvalue weighted by atomic mass is 35.5. The molecule has 2 saturated heterocycles. The van der Waals surface area contributed by atoms with Crippen molar-refractivity contribution in [1.29, 1.82) is 0 Å². The van der Waals surface area contributed by atoms with Crippen molar-refractivity contribution in [3.8, 4) is 0 Å². The molecular weight excluding hydrogens is 505 g/mol. The zero-order valence-electron chi connectivity index (χ0n) is 20.1. The lowest BCUT2D eigenvalue weighted by Gasteiger charge is -2.31. The molecule has 2 heterocycles. The fourth-order valence-corrected chi connectivity index (χ4v) is 6.71. The molecule has 1 N–H and O–H groups in total. The first-order chi connectivity index (χ1) is 17.3. The van der Waals surface area contributed by atoms with Crippen molar-refractivity contribution < 1.29 is 22.4 Å². The summed E-state index contributed by atoms with van der Waals surface area (Å²) in [5, 5.41) is 2.97. The third-order valence-electron chi connectivity index (χ3n) is 6.92. The second-order valence-corrected chi connectivity index (χ2v) is 11.7. The van der Waals surface area contributed by atoms with Crippen molar-refractivity contribution >= 4 is 39.1 Å². The molecule has 2 aliphatic rings. The van der Waals surface area contributed by atoms with Gasteiger partial charge in [-0.2, -0.15) is 0 Å². The lowest BCUT2D eigenvalue weighted by atomic mass is 9.97. The fourth-order valence-electron chi connectivity index (χ4n) is 4.80. The van der Waals surface area contributed by atoms with Gasteiger partial charge in [-0.3, -0.25) is 9.59 Å². The second-order valence-electron chi connectivity index (χ2n) is 9.37. The summed E-state index contributed by atoms with van der Waals surface area (Å²) in [5.74, 6) is -1.90. The number of carbonyl (C=O) groups excluding carboxylic acids is 2. The molecule has 2 amide bonds. The Labute approximate surface area is 216 Å². The largest absolute Gasteiger partial charge is 0.339 e. The Balaban J connectivity index is 1.37. The van der Waals surface area contributed by atoms with E-state index in [0.717, 1.165) is 25.7 Å². The van der Waals surface area contributed by atoms with Crippen LogP contribution in [0.25, 0.3) is 0 Å². The number of carbonyl (C=O) groups is 2. The number of para-hydroxylation sites is 1. The summed E-state index contributed by atoms with van der Waals surface area (Å²) in [7, 11) is -3.80. The summed E-state index contributed by atoms with van der Waals surface area (Å²) in [4.78, 5) is 28.0. The number of nitrogens with zero attached hydrogens (tertiary/aromatic N) is 2. The van der Waals surface area contributed by atoms with E-state index in [1.54, 1.807) is 24.3 Å². The third-order valence-corrected chi connectivity index (χ3v) is 9.07. The molecule has 0 unspecified atom stereocenters. The molecule has 0 aliphatic carbocycles. The number of rotatable bonds is 6. The van der Waals surface area contributed by atoms with Crippen LogP contribution < -0.4 is 5.32 Å². The number of nitrogens with one attached hydrogen (secondary N) is 1. The van der Waals surface area contributed by atoms with Gasteiger partial charge in [-0.05, 0) is 49.9 Å². The van der Waals surface area contributed by atoms with Crippen molar-refractivity contribution in [3.05, 3.63) is 64.4 Å². The lowest BCUT2D eigenvalue weighted by molar-refractivity contribution is -0.120. The van der Waals surface area contributed by atoms with Gasteiger partial charge in [0.1, 0.15) is 5.82 Å². The van der Waals surface area contributed by atoms with Crippen molar-refractivity contribution in [1.82, 2.24) is 9.21 Å². The molecule has 0 bridgehead atoms. The molecule has 2 aromatic rings. The molecule has 10 heteroatoms. The minimum atomic E-state index is -3.80. The van der Waals surface area contributed by atoms with E-state index < -0.39 is 27.5 Å². The van der Waals surface area contributed by atoms with E-state index in [-0.39, 0.29) is 35.5 Å². The highest BCUT2D eigenvalue weighted by Crippen LogP contribution is 2.27. The number of piperidine rings is 1. The number of anilines is 1. The monoisotopic (exact) mass is 535 g/mol. The van der Waals surface area contributed by atoms with Gasteiger partial charge in [-0.25, -0.2) is 17.1 Å². The summed E-state index contributed by atoms with van der Waals surface area (Å²) in [5.41, 5.74) is 0.889. The van der Waals surface area contributed by atoms with Gasteiger partial charge >= 0.3 is 0 Å². The first kappa shape index (κ1) is 26.6. The van der Waals surface area contributed by atoms with Crippen LogP contribution >= 0.6 is 11.6 Å². The number of hydrogen-bond acceptors (Lipinski definition) is 4. The van der Waals surface area contributed by atoms with Crippen LogP contribution in [0.1, 0.15) is 54.4 Å². The van der Waals surface area contributed by atoms with E-state index in [9.17, 15) is 22.4 Å². The van der Waals surface area contributed by atoms with E-state index in [0.29, 0.717) is 37.2 Å². The molecule has 7 nitrogen and oxygen atoms in total. The Morgan fingerprint density at radius 2 is 1.61 bits per heavy atom. The molecular formula is C26H31ClFN3O4S. The highest BCUT2D eigenvalue weighted by Gasteiger charge is 2.32. The maximum Gasteiger partial charge on any atom is 0.255 e. The van der Waals surface area contributed by atoms with E-state index in [1.165, 1.54) is 22.5 Å². The van der Waals surface area contributed by atoms with E-state index in [1.807, 2.05) is 4.90 Å². The maximum absolute atomic E-state index is 14.1. The number of hydrogen-bond donors (Lipinski definition) is 1. The molecule has 0 radical (unpaired) electrons. The minimum Gasteiger partial charge on any atom is -0.339 e. The number of likely N-dealkylation sites (tertiary alicyclic amines) is 1. The standard InChI is InChI=1S/C26H31ClFN3O4S/c27-22-9-7-10-23(28)21(22)18-36(34,35)31-16-12-19(13-17-31)25(32)29-24-11-4-3-8-20(24)26(33)30-14-5-1-2-6-15-30/h3-4,7-11,19H,1-2,5-6,12-18H2,(H,29,32). The Kier molecular flexibility index (Phi) is 8.64. The second kappa shape index (κ2) is 11.7. The van der Waals surface area contributed by atoms with Gasteiger partial charge in [-0.1, -0.05) is 42.6 Å². The van der Waals surface area contributed by atoms with Gasteiger partial charge in [-0.15, -0.1) is 0 Å². The van der Waals surface area contributed by atoms with Gasteiger partial charge < -0.3 is 10.2 Å². The van der Waals surface area contributed by atoms with Gasteiger partial charge in [0.2, 0.25) is 15.9 Å². The summed E-state index contributed by atoms with van der Waals surface area (Å²) in [6.45, 7) is 1.74. The Hall–Kier alpha value is -2.49. The fraction of sp³-hybridized carbons (Fsp3) is 0.462. The average Bonchev–Trinajstić information content (AvgIpc) is 3.16. The topological polar surface area (TPSA) is 86.8 Å². The zero-order valence-corrected chi connectivity index (χ0v) is 21.7. The average molecular weight is 536 g/mol.